The van der Waals surface area contributed by atoms with Gasteiger partial charge in [-0.2, -0.15) is 9.98 Å². The minimum absolute atomic E-state index is 0.897. The van der Waals surface area contributed by atoms with Crippen molar-refractivity contribution in [1.82, 2.24) is 0 Å². The molecule has 14 heavy (non-hydrogen) atoms. The van der Waals surface area contributed by atoms with Crippen LogP contribution in [0.5, 0.6) is 0 Å². The summed E-state index contributed by atoms with van der Waals surface area (Å²) in [5.41, 5.74) is 0. The molecular weight excluding hydrogens is 204 g/mol. The number of carbonyl (C=O) groups is 1. The van der Waals surface area contributed by atoms with Crippen molar-refractivity contribution in [3.8, 4) is 0 Å². The van der Waals surface area contributed by atoms with Gasteiger partial charge in [-0.05, 0) is 0 Å². The molecule has 1 aromatic carbocycles. The Hall–Kier alpha value is -1.79. The fraction of sp³-hybridized carbons (Fsp3) is 0. The number of hydrogen-bond donors (Lipinski definition) is 0. The van der Waals surface area contributed by atoms with Gasteiger partial charge in [-0.1, -0.05) is 0 Å². The second-order valence-corrected chi connectivity index (χ2v) is 2.46. The Labute approximate surface area is 73.4 Å². The van der Waals surface area contributed by atoms with Gasteiger partial charge in [0.25, 0.3) is 0 Å². The molecule has 1 aliphatic rings. The van der Waals surface area contributed by atoms with Gasteiger partial charge >= 0.3 is 6.03 Å². The predicted molar refractivity (Wildman–Crippen MR) is 34.0 cm³/mol. The molecule has 0 unspecified atom stereocenters. The van der Waals surface area contributed by atoms with E-state index >= 15 is 0 Å². The quantitative estimate of drug-likeness (QED) is 0.347. The normalized spacial score (nSPS) is 13.6. The highest BCUT2D eigenvalue weighted by molar-refractivity contribution is 5.77. The average molecular weight is 204 g/mol. The van der Waals surface area contributed by atoms with Gasteiger partial charge in [-0.3, -0.25) is 0 Å². The minimum atomic E-state index is -2.00. The minimum Gasteiger partial charge on any atom is -0.244 e. The first-order valence-corrected chi connectivity index (χ1v) is 3.35. The molecule has 2 rings (SSSR count). The van der Waals surface area contributed by atoms with E-state index in [1.807, 2.05) is 0 Å². The zero-order valence-electron chi connectivity index (χ0n) is 6.31. The van der Waals surface area contributed by atoms with Gasteiger partial charge < -0.3 is 0 Å². The fourth-order valence-corrected chi connectivity index (χ4v) is 1.03. The summed E-state index contributed by atoms with van der Waals surface area (Å²) in [6, 6.07) is -1.19. The van der Waals surface area contributed by atoms with Crippen LogP contribution < -0.4 is 10.7 Å². The first kappa shape index (κ1) is 8.79. The average Bonchev–Trinajstić information content (AvgIpc) is 2.54. The lowest BCUT2D eigenvalue weighted by Crippen LogP contribution is -2.32. The molecule has 0 spiro atoms. The summed E-state index contributed by atoms with van der Waals surface area (Å²) in [6.07, 6.45) is 0. The van der Waals surface area contributed by atoms with Crippen LogP contribution in [0.3, 0.4) is 0 Å². The maximum atomic E-state index is 12.8. The topological polar surface area (TPSA) is 41.8 Å². The Balaban J connectivity index is 3.07. The van der Waals surface area contributed by atoms with Crippen molar-refractivity contribution in [2.24, 2.45) is 9.98 Å². The summed E-state index contributed by atoms with van der Waals surface area (Å²) in [4.78, 5) is 16.3. The lowest BCUT2D eigenvalue weighted by Gasteiger charge is -1.94. The van der Waals surface area contributed by atoms with E-state index in [0.717, 1.165) is 0 Å². The molecule has 0 saturated carbocycles. The van der Waals surface area contributed by atoms with E-state index in [-0.39, 0.29) is 0 Å². The monoisotopic (exact) mass is 204 g/mol. The van der Waals surface area contributed by atoms with Crippen molar-refractivity contribution in [3.05, 3.63) is 34.0 Å². The van der Waals surface area contributed by atoms with Gasteiger partial charge in [-0.15, -0.1) is 0 Å². The molecule has 0 N–H and O–H groups in total. The number of rotatable bonds is 0. The number of fused-ring (bicyclic) bond motifs is 1. The van der Waals surface area contributed by atoms with Gasteiger partial charge in [0, 0.05) is 0 Å². The van der Waals surface area contributed by atoms with Crippen molar-refractivity contribution in [2.75, 3.05) is 0 Å². The standard InChI is InChI=1S/C7F4N2O/c8-1-2(9)4(11)6-5(3(1)10)12-7(14)13-6. The molecule has 0 saturated heterocycles. The van der Waals surface area contributed by atoms with Crippen LogP contribution in [0.1, 0.15) is 0 Å². The number of hydrogen-bond acceptors (Lipinski definition) is 1. The Bertz CT molecular complexity index is 517. The molecule has 0 bridgehead atoms. The third-order valence-corrected chi connectivity index (χ3v) is 1.63. The largest absolute Gasteiger partial charge is 0.368 e. The van der Waals surface area contributed by atoms with Crippen LogP contribution in [0.2, 0.25) is 0 Å². The number of amides is 2. The molecular formula is C7F4N2O. The summed E-state index contributed by atoms with van der Waals surface area (Å²) in [5, 5.41) is -1.79. The van der Waals surface area contributed by atoms with E-state index in [2.05, 4.69) is 9.98 Å². The Morgan fingerprint density at radius 2 is 1.07 bits per heavy atom. The molecule has 1 aliphatic heterocycles. The Morgan fingerprint density at radius 1 is 0.714 bits per heavy atom. The maximum absolute atomic E-state index is 12.8. The molecule has 1 heterocycles. The van der Waals surface area contributed by atoms with Gasteiger partial charge in [0.15, 0.2) is 23.3 Å². The van der Waals surface area contributed by atoms with Crippen LogP contribution in [-0.2, 0) is 0 Å². The third-order valence-electron chi connectivity index (χ3n) is 1.63. The van der Waals surface area contributed by atoms with E-state index in [1.165, 1.54) is 0 Å². The molecule has 1 aromatic rings. The summed E-state index contributed by atoms with van der Waals surface area (Å²) in [5.74, 6) is -7.44. The van der Waals surface area contributed by atoms with Crippen molar-refractivity contribution >= 4 is 6.03 Å². The highest BCUT2D eigenvalue weighted by Crippen LogP contribution is 2.08. The van der Waals surface area contributed by atoms with Gasteiger partial charge in [0.1, 0.15) is 10.7 Å². The predicted octanol–water partition coefficient (Wildman–Crippen LogP) is 0.616. The Morgan fingerprint density at radius 3 is 1.43 bits per heavy atom. The first-order chi connectivity index (χ1) is 6.52. The number of carbonyl (C=O) groups excluding carboxylic acids is 1. The Kier molecular flexibility index (Phi) is 1.63. The highest BCUT2D eigenvalue weighted by Gasteiger charge is 2.23. The molecule has 0 aliphatic carbocycles. The van der Waals surface area contributed by atoms with Crippen LogP contribution in [0.4, 0.5) is 22.4 Å². The number of benzene rings is 1. The van der Waals surface area contributed by atoms with E-state index in [1.54, 1.807) is 0 Å². The molecule has 0 radical (unpaired) electrons. The second kappa shape index (κ2) is 2.60. The SMILES string of the molecule is O=C1N=c2c(F)c(F)c(F)c(F)c2=N1. The third kappa shape index (κ3) is 0.949. The lowest BCUT2D eigenvalue weighted by atomic mass is 10.3. The summed E-state index contributed by atoms with van der Waals surface area (Å²) >= 11 is 0. The van der Waals surface area contributed by atoms with Crippen molar-refractivity contribution < 1.29 is 22.4 Å². The molecule has 0 aromatic heterocycles. The fourth-order valence-electron chi connectivity index (χ4n) is 1.03. The number of nitrogens with zero attached hydrogens (tertiary/aromatic N) is 2. The van der Waals surface area contributed by atoms with Crippen LogP contribution in [0.15, 0.2) is 9.98 Å². The van der Waals surface area contributed by atoms with Gasteiger partial charge in [0.2, 0.25) is 0 Å². The highest BCUT2D eigenvalue weighted by atomic mass is 19.2. The molecule has 0 fully saturated rings. The molecule has 0 atom stereocenters. The summed E-state index contributed by atoms with van der Waals surface area (Å²) in [7, 11) is 0. The maximum Gasteiger partial charge on any atom is 0.368 e. The molecule has 7 heteroatoms. The van der Waals surface area contributed by atoms with Crippen LogP contribution in [-0.4, -0.2) is 6.03 Å². The molecule has 2 amide bonds. The zero-order valence-corrected chi connectivity index (χ0v) is 6.31. The van der Waals surface area contributed by atoms with Crippen LogP contribution in [0, 0.1) is 23.3 Å². The van der Waals surface area contributed by atoms with Crippen molar-refractivity contribution in [3.63, 3.8) is 0 Å². The van der Waals surface area contributed by atoms with E-state index in [9.17, 15) is 22.4 Å². The van der Waals surface area contributed by atoms with Crippen molar-refractivity contribution in [1.29, 1.82) is 0 Å². The van der Waals surface area contributed by atoms with Gasteiger partial charge in [-0.25, -0.2) is 22.4 Å². The second-order valence-electron chi connectivity index (χ2n) is 2.46. The first-order valence-electron chi connectivity index (χ1n) is 3.35. The molecule has 72 valence electrons. The zero-order chi connectivity index (χ0) is 10.5. The van der Waals surface area contributed by atoms with E-state index in [4.69, 9.17) is 0 Å². The smallest absolute Gasteiger partial charge is 0.244 e. The number of urea groups is 1. The summed E-state index contributed by atoms with van der Waals surface area (Å²) < 4.78 is 50.8. The molecule has 3 nitrogen and oxygen atoms in total. The van der Waals surface area contributed by atoms with Crippen molar-refractivity contribution in [2.45, 2.75) is 0 Å². The number of halogens is 4. The van der Waals surface area contributed by atoms with Gasteiger partial charge in [0.05, 0.1) is 0 Å². The summed E-state index contributed by atoms with van der Waals surface area (Å²) in [6.45, 7) is 0. The van der Waals surface area contributed by atoms with E-state index < -0.39 is 40.0 Å². The van der Waals surface area contributed by atoms with E-state index in [0.29, 0.717) is 0 Å². The lowest BCUT2D eigenvalue weighted by molar-refractivity contribution is 0.256. The van der Waals surface area contributed by atoms with Crippen LogP contribution >= 0.6 is 0 Å². The van der Waals surface area contributed by atoms with Crippen LogP contribution in [0.25, 0.3) is 0 Å².